The zero-order chi connectivity index (χ0) is 12.5. The molecule has 1 saturated carbocycles. The van der Waals surface area contributed by atoms with Gasteiger partial charge in [-0.15, -0.1) is 0 Å². The summed E-state index contributed by atoms with van der Waals surface area (Å²) in [6.07, 6.45) is 4.18. The lowest BCUT2D eigenvalue weighted by Gasteiger charge is -2.27. The Balaban J connectivity index is 2.18. The van der Waals surface area contributed by atoms with Crippen molar-refractivity contribution in [1.29, 1.82) is 0 Å². The van der Waals surface area contributed by atoms with Crippen LogP contribution in [0, 0.1) is 5.92 Å². The van der Waals surface area contributed by atoms with Crippen LogP contribution < -0.4 is 5.73 Å². The molecule has 0 bridgehead atoms. The molecule has 1 aromatic rings. The summed E-state index contributed by atoms with van der Waals surface area (Å²) in [5.74, 6) is 0.464. The van der Waals surface area contributed by atoms with E-state index in [1.54, 1.807) is 0 Å². The van der Waals surface area contributed by atoms with Gasteiger partial charge >= 0.3 is 0 Å². The lowest BCUT2D eigenvalue weighted by Crippen LogP contribution is -2.50. The molecule has 1 unspecified atom stereocenters. The van der Waals surface area contributed by atoms with Crippen LogP contribution >= 0.6 is 0 Å². The normalized spacial score (nSPS) is 19.3. The highest BCUT2D eigenvalue weighted by molar-refractivity contribution is 5.12. The van der Waals surface area contributed by atoms with Gasteiger partial charge in [0.25, 0.3) is 0 Å². The molecule has 4 heteroatoms. The van der Waals surface area contributed by atoms with E-state index in [9.17, 15) is 5.11 Å². The zero-order valence-electron chi connectivity index (χ0n) is 10.8. The quantitative estimate of drug-likeness (QED) is 0.779. The highest BCUT2D eigenvalue weighted by Crippen LogP contribution is 2.39. The fourth-order valence-electron chi connectivity index (χ4n) is 2.35. The summed E-state index contributed by atoms with van der Waals surface area (Å²) < 4.78 is 1.99. The number of aryl methyl sites for hydroxylation is 2. The standard InChI is InChI=1S/C13H23N3O/c1-3-11-7-12(4-2)16(15-11)8-13(14,9-17)10-5-6-10/h7,10,17H,3-6,8-9,14H2,1-2H3. The smallest absolute Gasteiger partial charge is 0.0632 e. The second-order valence-electron chi connectivity index (χ2n) is 5.16. The Morgan fingerprint density at radius 1 is 1.47 bits per heavy atom. The summed E-state index contributed by atoms with van der Waals surface area (Å²) in [5.41, 5.74) is 8.14. The van der Waals surface area contributed by atoms with Crippen molar-refractivity contribution in [3.63, 3.8) is 0 Å². The molecule has 0 amide bonds. The minimum Gasteiger partial charge on any atom is -0.394 e. The second-order valence-corrected chi connectivity index (χ2v) is 5.16. The number of rotatable bonds is 6. The zero-order valence-corrected chi connectivity index (χ0v) is 10.8. The van der Waals surface area contributed by atoms with Crippen LogP contribution in [0.25, 0.3) is 0 Å². The Kier molecular flexibility index (Phi) is 3.54. The van der Waals surface area contributed by atoms with Gasteiger partial charge in [-0.25, -0.2) is 0 Å². The minimum absolute atomic E-state index is 0.0438. The third-order valence-electron chi connectivity index (χ3n) is 3.77. The molecule has 17 heavy (non-hydrogen) atoms. The monoisotopic (exact) mass is 237 g/mol. The first-order valence-electron chi connectivity index (χ1n) is 6.58. The molecule has 3 N–H and O–H groups in total. The number of aromatic nitrogens is 2. The summed E-state index contributed by atoms with van der Waals surface area (Å²) in [6.45, 7) is 4.91. The Morgan fingerprint density at radius 2 is 2.18 bits per heavy atom. The molecule has 0 radical (unpaired) electrons. The van der Waals surface area contributed by atoms with Gasteiger partial charge < -0.3 is 10.8 Å². The molecule has 1 fully saturated rings. The van der Waals surface area contributed by atoms with Crippen molar-refractivity contribution in [3.05, 3.63) is 17.5 Å². The molecule has 1 heterocycles. The van der Waals surface area contributed by atoms with Crippen LogP contribution in [0.4, 0.5) is 0 Å². The molecular weight excluding hydrogens is 214 g/mol. The maximum absolute atomic E-state index is 9.52. The lowest BCUT2D eigenvalue weighted by atomic mass is 9.95. The van der Waals surface area contributed by atoms with E-state index in [1.807, 2.05) is 4.68 Å². The predicted octanol–water partition coefficient (Wildman–Crippen LogP) is 1.11. The SMILES string of the molecule is CCc1cc(CC)n(CC(N)(CO)C2CC2)n1. The molecule has 1 atom stereocenters. The first-order valence-corrected chi connectivity index (χ1v) is 6.58. The summed E-state index contributed by atoms with van der Waals surface area (Å²) in [4.78, 5) is 0. The van der Waals surface area contributed by atoms with Crippen molar-refractivity contribution >= 4 is 0 Å². The second kappa shape index (κ2) is 4.78. The summed E-state index contributed by atoms with van der Waals surface area (Å²) >= 11 is 0. The third kappa shape index (κ3) is 2.53. The van der Waals surface area contributed by atoms with Crippen LogP contribution in [0.3, 0.4) is 0 Å². The van der Waals surface area contributed by atoms with Crippen molar-refractivity contribution in [2.45, 2.75) is 51.6 Å². The van der Waals surface area contributed by atoms with Crippen molar-refractivity contribution in [1.82, 2.24) is 9.78 Å². The molecule has 1 aromatic heterocycles. The molecule has 4 nitrogen and oxygen atoms in total. The van der Waals surface area contributed by atoms with E-state index < -0.39 is 5.54 Å². The van der Waals surface area contributed by atoms with Crippen LogP contribution in [0.2, 0.25) is 0 Å². The van der Waals surface area contributed by atoms with E-state index in [0.29, 0.717) is 12.5 Å². The van der Waals surface area contributed by atoms with Crippen molar-refractivity contribution < 1.29 is 5.11 Å². The first kappa shape index (κ1) is 12.6. The number of nitrogens with two attached hydrogens (primary N) is 1. The number of hydrogen-bond donors (Lipinski definition) is 2. The van der Waals surface area contributed by atoms with Gasteiger partial charge in [0, 0.05) is 5.69 Å². The first-order chi connectivity index (χ1) is 8.12. The summed E-state index contributed by atoms with van der Waals surface area (Å²) in [5, 5.41) is 14.1. The molecule has 96 valence electrons. The maximum Gasteiger partial charge on any atom is 0.0632 e. The van der Waals surface area contributed by atoms with Gasteiger partial charge in [-0.2, -0.15) is 5.10 Å². The van der Waals surface area contributed by atoms with Crippen molar-refractivity contribution in [2.75, 3.05) is 6.61 Å². The van der Waals surface area contributed by atoms with Crippen LogP contribution in [-0.4, -0.2) is 27.0 Å². The molecule has 0 saturated heterocycles. The van der Waals surface area contributed by atoms with E-state index in [-0.39, 0.29) is 6.61 Å². The van der Waals surface area contributed by atoms with Gasteiger partial charge in [0.15, 0.2) is 0 Å². The van der Waals surface area contributed by atoms with E-state index in [4.69, 9.17) is 5.73 Å². The number of aliphatic hydroxyl groups excluding tert-OH is 1. The fourth-order valence-corrected chi connectivity index (χ4v) is 2.35. The minimum atomic E-state index is -0.485. The van der Waals surface area contributed by atoms with Gasteiger partial charge in [0.1, 0.15) is 0 Å². The largest absolute Gasteiger partial charge is 0.394 e. The molecule has 2 rings (SSSR count). The maximum atomic E-state index is 9.52. The topological polar surface area (TPSA) is 64.1 Å². The van der Waals surface area contributed by atoms with Crippen molar-refractivity contribution in [2.24, 2.45) is 11.7 Å². The van der Waals surface area contributed by atoms with Crippen LogP contribution in [0.1, 0.15) is 38.1 Å². The Bertz CT molecular complexity index is 384. The van der Waals surface area contributed by atoms with E-state index in [2.05, 4.69) is 25.0 Å². The molecular formula is C13H23N3O. The third-order valence-corrected chi connectivity index (χ3v) is 3.77. The van der Waals surface area contributed by atoms with Gasteiger partial charge in [-0.1, -0.05) is 13.8 Å². The average molecular weight is 237 g/mol. The Morgan fingerprint density at radius 3 is 2.65 bits per heavy atom. The Hall–Kier alpha value is -0.870. The average Bonchev–Trinajstić information content (AvgIpc) is 3.12. The van der Waals surface area contributed by atoms with E-state index in [1.165, 1.54) is 5.69 Å². The molecule has 0 aromatic carbocycles. The Labute approximate surface area is 103 Å². The van der Waals surface area contributed by atoms with Gasteiger partial charge in [0.2, 0.25) is 0 Å². The molecule has 0 aliphatic heterocycles. The van der Waals surface area contributed by atoms with Crippen molar-refractivity contribution in [3.8, 4) is 0 Å². The summed E-state index contributed by atoms with van der Waals surface area (Å²) in [6, 6.07) is 2.14. The number of aliphatic hydroxyl groups is 1. The summed E-state index contributed by atoms with van der Waals surface area (Å²) in [7, 11) is 0. The van der Waals surface area contributed by atoms with E-state index >= 15 is 0 Å². The molecule has 1 aliphatic rings. The molecule has 0 spiro atoms. The molecule has 1 aliphatic carbocycles. The van der Waals surface area contributed by atoms with Crippen LogP contribution in [0.15, 0.2) is 6.07 Å². The van der Waals surface area contributed by atoms with Gasteiger partial charge in [-0.3, -0.25) is 4.68 Å². The van der Waals surface area contributed by atoms with Crippen LogP contribution in [0.5, 0.6) is 0 Å². The van der Waals surface area contributed by atoms with E-state index in [0.717, 1.165) is 31.4 Å². The number of nitrogens with zero attached hydrogens (tertiary/aromatic N) is 2. The number of hydrogen-bond acceptors (Lipinski definition) is 3. The highest BCUT2D eigenvalue weighted by atomic mass is 16.3. The highest BCUT2D eigenvalue weighted by Gasteiger charge is 2.42. The fraction of sp³-hybridized carbons (Fsp3) is 0.769. The van der Waals surface area contributed by atoms with Crippen LogP contribution in [-0.2, 0) is 19.4 Å². The lowest BCUT2D eigenvalue weighted by molar-refractivity contribution is 0.154. The predicted molar refractivity (Wildman–Crippen MR) is 67.7 cm³/mol. The van der Waals surface area contributed by atoms with Gasteiger partial charge in [0.05, 0.1) is 24.4 Å². The van der Waals surface area contributed by atoms with Gasteiger partial charge in [-0.05, 0) is 37.7 Å².